The first kappa shape index (κ1) is 22.9. The van der Waals surface area contributed by atoms with Crippen molar-refractivity contribution in [1.29, 1.82) is 0 Å². The average molecular weight is 495 g/mol. The van der Waals surface area contributed by atoms with Gasteiger partial charge < -0.3 is 15.8 Å². The summed E-state index contributed by atoms with van der Waals surface area (Å²) < 4.78 is 8.24. The Morgan fingerprint density at radius 2 is 2.06 bits per heavy atom. The van der Waals surface area contributed by atoms with E-state index in [1.807, 2.05) is 53.1 Å². The molecule has 0 bridgehead atoms. The molecule has 0 radical (unpaired) electrons. The van der Waals surface area contributed by atoms with Crippen LogP contribution in [0.1, 0.15) is 46.5 Å². The monoisotopic (exact) mass is 494 g/mol. The number of benzene rings is 2. The summed E-state index contributed by atoms with van der Waals surface area (Å²) >= 11 is 7.80. The van der Waals surface area contributed by atoms with Gasteiger partial charge in [0.2, 0.25) is 0 Å². The van der Waals surface area contributed by atoms with E-state index in [9.17, 15) is 4.79 Å². The molecule has 1 saturated heterocycles. The predicted molar refractivity (Wildman–Crippen MR) is 138 cm³/mol. The van der Waals surface area contributed by atoms with E-state index >= 15 is 0 Å². The van der Waals surface area contributed by atoms with Gasteiger partial charge in [-0.25, -0.2) is 4.98 Å². The fourth-order valence-corrected chi connectivity index (χ4v) is 5.90. The summed E-state index contributed by atoms with van der Waals surface area (Å²) in [4.78, 5) is 17.4. The number of halogens is 1. The fourth-order valence-electron chi connectivity index (χ4n) is 4.55. The second-order valence-corrected chi connectivity index (χ2v) is 10.2. The smallest absolute Gasteiger partial charge is 0.259 e. The number of fused-ring (bicyclic) bond motifs is 1. The molecule has 0 unspecified atom stereocenters. The Hall–Kier alpha value is -2.87. The van der Waals surface area contributed by atoms with Gasteiger partial charge in [-0.1, -0.05) is 36.7 Å². The number of nitrogens with one attached hydrogen (secondary N) is 1. The quantitative estimate of drug-likeness (QED) is 0.364. The van der Waals surface area contributed by atoms with Gasteiger partial charge in [0.15, 0.2) is 0 Å². The minimum absolute atomic E-state index is 0.138. The lowest BCUT2D eigenvalue weighted by atomic mass is 9.94. The van der Waals surface area contributed by atoms with Gasteiger partial charge in [-0.2, -0.15) is 0 Å². The highest BCUT2D eigenvalue weighted by Crippen LogP contribution is 2.34. The zero-order chi connectivity index (χ0) is 23.7. The minimum atomic E-state index is -0.419. The number of ether oxygens (including phenoxy) is 1. The van der Waals surface area contributed by atoms with Crippen LogP contribution < -0.4 is 15.8 Å². The average Bonchev–Trinajstić information content (AvgIpc) is 3.44. The number of amides is 1. The van der Waals surface area contributed by atoms with Crippen LogP contribution in [0.3, 0.4) is 0 Å². The second kappa shape index (κ2) is 9.78. The Kier molecular flexibility index (Phi) is 6.59. The number of aromatic nitrogens is 2. The number of carbonyl (C=O) groups is 1. The van der Waals surface area contributed by atoms with E-state index in [0.29, 0.717) is 11.3 Å². The van der Waals surface area contributed by atoms with Crippen molar-refractivity contribution in [3.05, 3.63) is 75.9 Å². The molecule has 0 saturated carbocycles. The van der Waals surface area contributed by atoms with Crippen molar-refractivity contribution in [1.82, 2.24) is 14.9 Å². The van der Waals surface area contributed by atoms with Crippen molar-refractivity contribution in [3.63, 3.8) is 0 Å². The van der Waals surface area contributed by atoms with Gasteiger partial charge in [-0.05, 0) is 73.7 Å². The molecule has 0 aliphatic carbocycles. The third kappa shape index (κ3) is 4.69. The molecule has 176 valence electrons. The summed E-state index contributed by atoms with van der Waals surface area (Å²) in [5.74, 6) is 0.552. The standard InChI is InChI=1S/C26H27ClN4O2S/c1-16(20-4-2-3-5-21(20)27)12-17-13-24(34-25(17)26(28)32)31-15-30-22-7-6-19(14-23(22)31)33-18-8-10-29-11-9-18/h2-7,13-16,18,29H,8-12H2,1H3,(H2,28,32)/t16-/m0/s1. The van der Waals surface area contributed by atoms with Crippen LogP contribution in [0.25, 0.3) is 16.0 Å². The van der Waals surface area contributed by atoms with E-state index in [-0.39, 0.29) is 12.0 Å². The molecule has 1 amide bonds. The summed E-state index contributed by atoms with van der Waals surface area (Å²) in [6.45, 7) is 4.07. The van der Waals surface area contributed by atoms with Crippen molar-refractivity contribution < 1.29 is 9.53 Å². The first-order chi connectivity index (χ1) is 16.5. The molecule has 34 heavy (non-hydrogen) atoms. The number of imidazole rings is 1. The molecular weight excluding hydrogens is 468 g/mol. The molecule has 5 rings (SSSR count). The third-order valence-electron chi connectivity index (χ3n) is 6.33. The Morgan fingerprint density at radius 3 is 2.82 bits per heavy atom. The van der Waals surface area contributed by atoms with Crippen LogP contribution in [0, 0.1) is 0 Å². The fraction of sp³-hybridized carbons (Fsp3) is 0.308. The van der Waals surface area contributed by atoms with Crippen molar-refractivity contribution >= 4 is 39.9 Å². The molecule has 2 aromatic carbocycles. The normalized spacial score (nSPS) is 15.5. The Bertz CT molecular complexity index is 1330. The van der Waals surface area contributed by atoms with Gasteiger partial charge in [-0.15, -0.1) is 11.3 Å². The summed E-state index contributed by atoms with van der Waals surface area (Å²) in [6, 6.07) is 15.8. The van der Waals surface area contributed by atoms with Crippen LogP contribution in [0.5, 0.6) is 5.75 Å². The predicted octanol–water partition coefficient (Wildman–Crippen LogP) is 5.32. The maximum atomic E-state index is 12.3. The third-order valence-corrected chi connectivity index (χ3v) is 7.86. The first-order valence-corrected chi connectivity index (χ1v) is 12.7. The number of rotatable bonds is 7. The van der Waals surface area contributed by atoms with Gasteiger partial charge in [0.05, 0.1) is 15.9 Å². The van der Waals surface area contributed by atoms with Crippen LogP contribution in [0.4, 0.5) is 0 Å². The molecule has 1 aliphatic heterocycles. The lowest BCUT2D eigenvalue weighted by Gasteiger charge is -2.23. The van der Waals surface area contributed by atoms with E-state index in [0.717, 1.165) is 63.9 Å². The molecule has 0 spiro atoms. The second-order valence-electron chi connectivity index (χ2n) is 8.76. The molecule has 3 heterocycles. The lowest BCUT2D eigenvalue weighted by Crippen LogP contribution is -2.34. The van der Waals surface area contributed by atoms with E-state index in [4.69, 9.17) is 22.1 Å². The molecule has 1 aliphatic rings. The summed E-state index contributed by atoms with van der Waals surface area (Å²) in [6.07, 6.45) is 4.66. The molecule has 3 N–H and O–H groups in total. The van der Waals surface area contributed by atoms with Crippen LogP contribution in [-0.2, 0) is 6.42 Å². The molecule has 8 heteroatoms. The molecule has 6 nitrogen and oxygen atoms in total. The molecule has 2 aromatic heterocycles. The van der Waals surface area contributed by atoms with Crippen molar-refractivity contribution in [2.75, 3.05) is 13.1 Å². The van der Waals surface area contributed by atoms with Crippen LogP contribution in [0.2, 0.25) is 5.02 Å². The van der Waals surface area contributed by atoms with Crippen LogP contribution in [-0.4, -0.2) is 34.7 Å². The van der Waals surface area contributed by atoms with E-state index in [2.05, 4.69) is 17.2 Å². The van der Waals surface area contributed by atoms with Crippen molar-refractivity contribution in [2.45, 2.75) is 38.2 Å². The Morgan fingerprint density at radius 1 is 1.26 bits per heavy atom. The zero-order valence-electron chi connectivity index (χ0n) is 19.0. The van der Waals surface area contributed by atoms with Crippen LogP contribution in [0.15, 0.2) is 54.9 Å². The maximum Gasteiger partial charge on any atom is 0.259 e. The first-order valence-electron chi connectivity index (χ1n) is 11.5. The lowest BCUT2D eigenvalue weighted by molar-refractivity contribution is 0.100. The highest BCUT2D eigenvalue weighted by Gasteiger charge is 2.20. The highest BCUT2D eigenvalue weighted by atomic mass is 35.5. The van der Waals surface area contributed by atoms with E-state index in [1.54, 1.807) is 6.33 Å². The summed E-state index contributed by atoms with van der Waals surface area (Å²) in [5.41, 5.74) is 9.55. The van der Waals surface area contributed by atoms with Gasteiger partial charge in [0.25, 0.3) is 5.91 Å². The summed E-state index contributed by atoms with van der Waals surface area (Å²) in [5, 5.41) is 4.99. The number of carbonyl (C=O) groups excluding carboxylic acids is 1. The van der Waals surface area contributed by atoms with E-state index in [1.165, 1.54) is 11.3 Å². The molecule has 1 fully saturated rings. The van der Waals surface area contributed by atoms with Crippen molar-refractivity contribution in [3.8, 4) is 10.8 Å². The molecule has 4 aromatic rings. The topological polar surface area (TPSA) is 82.2 Å². The molecular formula is C26H27ClN4O2S. The van der Waals surface area contributed by atoms with Gasteiger partial charge >= 0.3 is 0 Å². The maximum absolute atomic E-state index is 12.3. The van der Waals surface area contributed by atoms with E-state index < -0.39 is 5.91 Å². The number of piperidine rings is 1. The number of thiophene rings is 1. The van der Waals surface area contributed by atoms with Gasteiger partial charge in [0.1, 0.15) is 23.2 Å². The number of nitrogens with zero attached hydrogens (tertiary/aromatic N) is 2. The number of hydrogen-bond acceptors (Lipinski definition) is 5. The zero-order valence-corrected chi connectivity index (χ0v) is 20.5. The number of hydrogen-bond donors (Lipinski definition) is 2. The largest absolute Gasteiger partial charge is 0.490 e. The summed E-state index contributed by atoms with van der Waals surface area (Å²) in [7, 11) is 0. The Balaban J connectivity index is 1.46. The highest BCUT2D eigenvalue weighted by molar-refractivity contribution is 7.16. The minimum Gasteiger partial charge on any atom is -0.490 e. The number of nitrogens with two attached hydrogens (primary N) is 1. The Labute approximate surface area is 207 Å². The van der Waals surface area contributed by atoms with Crippen molar-refractivity contribution in [2.24, 2.45) is 5.73 Å². The number of primary amides is 1. The molecule has 1 atom stereocenters. The van der Waals surface area contributed by atoms with Gasteiger partial charge in [0, 0.05) is 11.1 Å². The van der Waals surface area contributed by atoms with Gasteiger partial charge in [-0.3, -0.25) is 9.36 Å². The van der Waals surface area contributed by atoms with Crippen LogP contribution >= 0.6 is 22.9 Å². The SMILES string of the molecule is C[C@@H](Cc1cc(-n2cnc3ccc(OC4CCNCC4)cc32)sc1C(N)=O)c1ccccc1Cl.